The van der Waals surface area contributed by atoms with Crippen LogP contribution in [0.25, 0.3) is 0 Å². The van der Waals surface area contributed by atoms with E-state index in [1.54, 1.807) is 10.7 Å². The summed E-state index contributed by atoms with van der Waals surface area (Å²) in [6, 6.07) is 5.48. The third-order valence-electron chi connectivity index (χ3n) is 5.26. The van der Waals surface area contributed by atoms with Crippen LogP contribution in [0.4, 0.5) is 5.82 Å². The molecule has 0 bridgehead atoms. The summed E-state index contributed by atoms with van der Waals surface area (Å²) in [6.45, 7) is 4.18. The van der Waals surface area contributed by atoms with Gasteiger partial charge in [0.05, 0.1) is 5.69 Å². The highest BCUT2D eigenvalue weighted by molar-refractivity contribution is 5.89. The van der Waals surface area contributed by atoms with Crippen LogP contribution in [-0.4, -0.2) is 36.9 Å². The Kier molecular flexibility index (Phi) is 8.29. The number of aromatic nitrogens is 5. The molecule has 3 rings (SSSR count). The van der Waals surface area contributed by atoms with Gasteiger partial charge < -0.3 is 10.2 Å². The highest BCUT2D eigenvalue weighted by atomic mass is 16.6. The second-order valence-corrected chi connectivity index (χ2v) is 7.72. The number of oxime groups is 1. The van der Waals surface area contributed by atoms with Crippen LogP contribution in [-0.2, 0) is 16.2 Å². The van der Waals surface area contributed by atoms with E-state index in [0.717, 1.165) is 37.9 Å². The molecule has 1 fully saturated rings. The molecule has 2 heterocycles. The lowest BCUT2D eigenvalue weighted by Gasteiger charge is -2.22. The fourth-order valence-corrected chi connectivity index (χ4v) is 3.63. The van der Waals surface area contributed by atoms with Crippen LogP contribution in [0.1, 0.15) is 76.2 Å². The third kappa shape index (κ3) is 6.33. The first kappa shape index (κ1) is 21.9. The van der Waals surface area contributed by atoms with E-state index in [9.17, 15) is 4.79 Å². The number of nitrogens with zero attached hydrogens (tertiary/aromatic N) is 6. The molecule has 0 atom stereocenters. The van der Waals surface area contributed by atoms with Gasteiger partial charge >= 0.3 is 0 Å². The molecule has 162 valence electrons. The summed E-state index contributed by atoms with van der Waals surface area (Å²) < 4.78 is 1.66. The average molecular weight is 414 g/mol. The van der Waals surface area contributed by atoms with E-state index in [1.807, 2.05) is 19.1 Å². The molecule has 1 aliphatic rings. The Morgan fingerprint density at radius 2 is 2.10 bits per heavy atom. The zero-order valence-corrected chi connectivity index (χ0v) is 17.9. The predicted octanol–water partition coefficient (Wildman–Crippen LogP) is 3.85. The molecule has 9 nitrogen and oxygen atoms in total. The fraction of sp³-hybridized carbons (Fsp3) is 0.619. The van der Waals surface area contributed by atoms with Gasteiger partial charge in [-0.25, -0.2) is 4.98 Å². The molecule has 0 radical (unpaired) electrons. The highest BCUT2D eigenvalue weighted by Gasteiger charge is 2.24. The number of carbonyl (C=O) groups excluding carboxylic acids is 1. The standard InChI is InChI=1S/C21H31N7O2/c1-3-4-6-14-20(29)23-19-13-9-12-18(22-19)15-30-25-21(17-10-7-5-8-11-17)28-16(2)24-26-27-28/h9,12-13,17H,3-8,10-11,14-15H2,1-2H3,(H,22,23,29)/b25-21+. The molecular formula is C21H31N7O2. The van der Waals surface area contributed by atoms with E-state index >= 15 is 0 Å². The van der Waals surface area contributed by atoms with Gasteiger partial charge in [-0.1, -0.05) is 50.2 Å². The molecule has 0 saturated heterocycles. The number of hydrogen-bond acceptors (Lipinski definition) is 7. The van der Waals surface area contributed by atoms with Crippen molar-refractivity contribution in [1.29, 1.82) is 0 Å². The molecule has 2 aromatic heterocycles. The van der Waals surface area contributed by atoms with Gasteiger partial charge in [-0.2, -0.15) is 4.68 Å². The number of nitrogens with one attached hydrogen (secondary N) is 1. The molecular weight excluding hydrogens is 382 g/mol. The maximum atomic E-state index is 12.0. The van der Waals surface area contributed by atoms with E-state index in [-0.39, 0.29) is 18.4 Å². The summed E-state index contributed by atoms with van der Waals surface area (Å²) in [5, 5.41) is 19.0. The fourth-order valence-electron chi connectivity index (χ4n) is 3.63. The van der Waals surface area contributed by atoms with Crippen LogP contribution in [0.3, 0.4) is 0 Å². The van der Waals surface area contributed by atoms with Gasteiger partial charge in [-0.3, -0.25) is 4.79 Å². The molecule has 30 heavy (non-hydrogen) atoms. The number of amides is 1. The second kappa shape index (κ2) is 11.4. The molecule has 0 aromatic carbocycles. The summed E-state index contributed by atoms with van der Waals surface area (Å²) in [4.78, 5) is 22.1. The van der Waals surface area contributed by atoms with Gasteiger partial charge in [0, 0.05) is 12.3 Å². The van der Waals surface area contributed by atoms with Crippen LogP contribution >= 0.6 is 0 Å². The average Bonchev–Trinajstić information content (AvgIpc) is 3.18. The van der Waals surface area contributed by atoms with E-state index < -0.39 is 0 Å². The van der Waals surface area contributed by atoms with Gasteiger partial charge in [0.15, 0.2) is 18.3 Å². The predicted molar refractivity (Wildman–Crippen MR) is 114 cm³/mol. The number of carbonyl (C=O) groups is 1. The summed E-state index contributed by atoms with van der Waals surface area (Å²) in [5.74, 6) is 2.24. The number of unbranched alkanes of at least 4 members (excludes halogenated alkanes) is 2. The Labute approximate surface area is 177 Å². The van der Waals surface area contributed by atoms with Gasteiger partial charge in [-0.05, 0) is 48.7 Å². The van der Waals surface area contributed by atoms with Gasteiger partial charge in [0.2, 0.25) is 5.91 Å². The molecule has 1 amide bonds. The topological polar surface area (TPSA) is 107 Å². The van der Waals surface area contributed by atoms with Crippen LogP contribution in [0.5, 0.6) is 0 Å². The molecule has 2 aromatic rings. The van der Waals surface area contributed by atoms with Crippen LogP contribution < -0.4 is 5.32 Å². The zero-order chi connectivity index (χ0) is 21.2. The Balaban J connectivity index is 1.62. The SMILES string of the molecule is CCCCCC(=O)Nc1cccc(CO/N=C(\C2CCCCC2)n2nnnc2C)n1. The lowest BCUT2D eigenvalue weighted by Crippen LogP contribution is -2.27. The summed E-state index contributed by atoms with van der Waals surface area (Å²) in [6.07, 6.45) is 9.25. The quantitative estimate of drug-likeness (QED) is 0.289. The maximum Gasteiger partial charge on any atom is 0.225 e. The minimum absolute atomic E-state index is 0.0132. The monoisotopic (exact) mass is 413 g/mol. The minimum atomic E-state index is -0.0132. The van der Waals surface area contributed by atoms with E-state index in [0.29, 0.717) is 23.8 Å². The Morgan fingerprint density at radius 1 is 1.27 bits per heavy atom. The largest absolute Gasteiger partial charge is 0.388 e. The first-order chi connectivity index (χ1) is 14.7. The van der Waals surface area contributed by atoms with Gasteiger partial charge in [-0.15, -0.1) is 5.10 Å². The molecule has 1 saturated carbocycles. The van der Waals surface area contributed by atoms with Crippen molar-refractivity contribution < 1.29 is 9.63 Å². The zero-order valence-electron chi connectivity index (χ0n) is 17.9. The summed E-state index contributed by atoms with van der Waals surface area (Å²) in [7, 11) is 0. The molecule has 1 aliphatic carbocycles. The van der Waals surface area contributed by atoms with Gasteiger partial charge in [0.25, 0.3) is 0 Å². The molecule has 9 heteroatoms. The van der Waals surface area contributed by atoms with Crippen molar-refractivity contribution in [2.75, 3.05) is 5.32 Å². The Bertz CT molecular complexity index is 843. The van der Waals surface area contributed by atoms with Crippen molar-refractivity contribution >= 4 is 17.6 Å². The Morgan fingerprint density at radius 3 is 2.83 bits per heavy atom. The van der Waals surface area contributed by atoms with Crippen molar-refractivity contribution in [3.63, 3.8) is 0 Å². The lowest BCUT2D eigenvalue weighted by atomic mass is 9.88. The lowest BCUT2D eigenvalue weighted by molar-refractivity contribution is -0.116. The van der Waals surface area contributed by atoms with Crippen molar-refractivity contribution in [3.8, 4) is 0 Å². The van der Waals surface area contributed by atoms with Crippen molar-refractivity contribution in [3.05, 3.63) is 29.7 Å². The van der Waals surface area contributed by atoms with Gasteiger partial charge in [0.1, 0.15) is 5.82 Å². The number of aryl methyl sites for hydroxylation is 1. The summed E-state index contributed by atoms with van der Waals surface area (Å²) >= 11 is 0. The highest BCUT2D eigenvalue weighted by Crippen LogP contribution is 2.25. The molecule has 1 N–H and O–H groups in total. The third-order valence-corrected chi connectivity index (χ3v) is 5.26. The smallest absolute Gasteiger partial charge is 0.225 e. The van der Waals surface area contributed by atoms with Crippen molar-refractivity contribution in [2.24, 2.45) is 11.1 Å². The molecule has 0 spiro atoms. The maximum absolute atomic E-state index is 12.0. The van der Waals surface area contributed by atoms with Crippen LogP contribution in [0, 0.1) is 12.8 Å². The normalized spacial score (nSPS) is 15.2. The first-order valence-electron chi connectivity index (χ1n) is 10.9. The van der Waals surface area contributed by atoms with Crippen molar-refractivity contribution in [2.45, 2.75) is 78.2 Å². The Hall–Kier alpha value is -2.84. The number of anilines is 1. The minimum Gasteiger partial charge on any atom is -0.388 e. The van der Waals surface area contributed by atoms with Crippen molar-refractivity contribution in [1.82, 2.24) is 25.2 Å². The number of rotatable bonds is 9. The number of pyridine rings is 1. The van der Waals surface area contributed by atoms with E-state index in [2.05, 4.69) is 37.9 Å². The molecule has 0 aliphatic heterocycles. The summed E-state index contributed by atoms with van der Waals surface area (Å²) in [5.41, 5.74) is 0.696. The number of tetrazole rings is 1. The van der Waals surface area contributed by atoms with Crippen LogP contribution in [0.15, 0.2) is 23.4 Å². The number of hydrogen-bond donors (Lipinski definition) is 1. The van der Waals surface area contributed by atoms with Crippen LogP contribution in [0.2, 0.25) is 0 Å². The second-order valence-electron chi connectivity index (χ2n) is 7.72. The van der Waals surface area contributed by atoms with E-state index in [4.69, 9.17) is 4.84 Å². The molecule has 0 unspecified atom stereocenters. The first-order valence-corrected chi connectivity index (χ1v) is 10.9. The van der Waals surface area contributed by atoms with E-state index in [1.165, 1.54) is 19.3 Å².